The molecule has 0 aromatic heterocycles. The van der Waals surface area contributed by atoms with Crippen molar-refractivity contribution in [3.05, 3.63) is 29.3 Å². The number of carbonyl (C=O) groups excluding carboxylic acids is 2. The van der Waals surface area contributed by atoms with Gasteiger partial charge in [0.25, 0.3) is 5.91 Å². The molecule has 2 rings (SSSR count). The topological polar surface area (TPSA) is 49.9 Å². The molecule has 0 spiro atoms. The molecule has 0 N–H and O–H groups in total. The molecule has 0 atom stereocenters. The van der Waals surface area contributed by atoms with Gasteiger partial charge in [-0.25, -0.2) is 0 Å². The van der Waals surface area contributed by atoms with E-state index < -0.39 is 0 Å². The standard InChI is InChI=1S/C20H30N2O3/c1-14(2)18-7-6-17(12-15(18)3)25-13-19(23)22-10-8-16(9-11-22)20(24)21(4)5/h6-7,12,14,16H,8-11,13H2,1-5H3. The first-order valence-corrected chi connectivity index (χ1v) is 9.02. The van der Waals surface area contributed by atoms with Crippen LogP contribution < -0.4 is 4.74 Å². The number of nitrogens with zero attached hydrogens (tertiary/aromatic N) is 2. The van der Waals surface area contributed by atoms with E-state index in [2.05, 4.69) is 26.8 Å². The summed E-state index contributed by atoms with van der Waals surface area (Å²) < 4.78 is 5.68. The molecule has 25 heavy (non-hydrogen) atoms. The summed E-state index contributed by atoms with van der Waals surface area (Å²) in [5.41, 5.74) is 2.48. The second-order valence-corrected chi connectivity index (χ2v) is 7.35. The summed E-state index contributed by atoms with van der Waals surface area (Å²) in [6, 6.07) is 5.99. The van der Waals surface area contributed by atoms with Crippen molar-refractivity contribution in [2.45, 2.75) is 39.5 Å². The van der Waals surface area contributed by atoms with Crippen LogP contribution in [0.5, 0.6) is 5.75 Å². The number of benzene rings is 1. The van der Waals surface area contributed by atoms with E-state index in [1.807, 2.05) is 12.1 Å². The molecule has 5 nitrogen and oxygen atoms in total. The fraction of sp³-hybridized carbons (Fsp3) is 0.600. The van der Waals surface area contributed by atoms with Crippen LogP contribution in [-0.2, 0) is 9.59 Å². The molecule has 1 saturated heterocycles. The van der Waals surface area contributed by atoms with Crippen molar-refractivity contribution in [1.82, 2.24) is 9.80 Å². The highest BCUT2D eigenvalue weighted by atomic mass is 16.5. The van der Waals surface area contributed by atoms with Gasteiger partial charge in [-0.2, -0.15) is 0 Å². The highest BCUT2D eigenvalue weighted by Gasteiger charge is 2.28. The average Bonchev–Trinajstić information content (AvgIpc) is 2.58. The maximum atomic E-state index is 12.3. The van der Waals surface area contributed by atoms with Crippen molar-refractivity contribution in [2.24, 2.45) is 5.92 Å². The van der Waals surface area contributed by atoms with Crippen molar-refractivity contribution in [3.8, 4) is 5.75 Å². The second-order valence-electron chi connectivity index (χ2n) is 7.35. The number of carbonyl (C=O) groups is 2. The van der Waals surface area contributed by atoms with Crippen molar-refractivity contribution >= 4 is 11.8 Å². The van der Waals surface area contributed by atoms with E-state index in [4.69, 9.17) is 4.74 Å². The van der Waals surface area contributed by atoms with Crippen molar-refractivity contribution < 1.29 is 14.3 Å². The van der Waals surface area contributed by atoms with Crippen LogP contribution in [0.15, 0.2) is 18.2 Å². The fourth-order valence-corrected chi connectivity index (χ4v) is 3.36. The Morgan fingerprint density at radius 3 is 2.40 bits per heavy atom. The summed E-state index contributed by atoms with van der Waals surface area (Å²) in [4.78, 5) is 27.8. The molecule has 0 unspecified atom stereocenters. The maximum absolute atomic E-state index is 12.3. The summed E-state index contributed by atoms with van der Waals surface area (Å²) in [5, 5.41) is 0. The number of hydrogen-bond acceptors (Lipinski definition) is 3. The predicted octanol–water partition coefficient (Wildman–Crippen LogP) is 2.82. The first-order valence-electron chi connectivity index (χ1n) is 9.02. The number of aryl methyl sites for hydroxylation is 1. The van der Waals surface area contributed by atoms with Crippen LogP contribution >= 0.6 is 0 Å². The van der Waals surface area contributed by atoms with Gasteiger partial charge >= 0.3 is 0 Å². The summed E-state index contributed by atoms with van der Waals surface area (Å²) >= 11 is 0. The highest BCUT2D eigenvalue weighted by Crippen LogP contribution is 2.24. The van der Waals surface area contributed by atoms with E-state index in [-0.39, 0.29) is 24.3 Å². The third-order valence-electron chi connectivity index (χ3n) is 4.86. The van der Waals surface area contributed by atoms with Gasteiger partial charge in [0, 0.05) is 33.1 Å². The van der Waals surface area contributed by atoms with Crippen molar-refractivity contribution in [1.29, 1.82) is 0 Å². The lowest BCUT2D eigenvalue weighted by Crippen LogP contribution is -2.44. The van der Waals surface area contributed by atoms with E-state index >= 15 is 0 Å². The van der Waals surface area contributed by atoms with E-state index in [1.54, 1.807) is 23.9 Å². The average molecular weight is 346 g/mol. The third-order valence-corrected chi connectivity index (χ3v) is 4.86. The van der Waals surface area contributed by atoms with Gasteiger partial charge in [0.2, 0.25) is 5.91 Å². The molecular formula is C20H30N2O3. The summed E-state index contributed by atoms with van der Waals surface area (Å²) in [7, 11) is 3.56. The van der Waals surface area contributed by atoms with Crippen LogP contribution in [0, 0.1) is 12.8 Å². The number of piperidine rings is 1. The fourth-order valence-electron chi connectivity index (χ4n) is 3.36. The number of likely N-dealkylation sites (tertiary alicyclic amines) is 1. The van der Waals surface area contributed by atoms with Crippen molar-refractivity contribution in [2.75, 3.05) is 33.8 Å². The van der Waals surface area contributed by atoms with Gasteiger partial charge in [-0.1, -0.05) is 19.9 Å². The Labute approximate surface area is 150 Å². The lowest BCUT2D eigenvalue weighted by atomic mass is 9.95. The quantitative estimate of drug-likeness (QED) is 0.824. The molecule has 1 aliphatic heterocycles. The van der Waals surface area contributed by atoms with Crippen LogP contribution in [-0.4, -0.2) is 55.4 Å². The van der Waals surface area contributed by atoms with Crippen LogP contribution in [0.2, 0.25) is 0 Å². The molecule has 1 aliphatic rings. The number of rotatable bonds is 5. The number of ether oxygens (including phenoxy) is 1. The third kappa shape index (κ3) is 4.97. The molecule has 138 valence electrons. The zero-order valence-corrected chi connectivity index (χ0v) is 16.0. The normalized spacial score (nSPS) is 15.4. The highest BCUT2D eigenvalue weighted by molar-refractivity contribution is 5.80. The number of hydrogen-bond donors (Lipinski definition) is 0. The lowest BCUT2D eigenvalue weighted by molar-refractivity contribution is -0.140. The molecule has 1 aromatic carbocycles. The Hall–Kier alpha value is -2.04. The van der Waals surface area contributed by atoms with Gasteiger partial charge in [0.1, 0.15) is 5.75 Å². The molecule has 0 bridgehead atoms. The van der Waals surface area contributed by atoms with E-state index in [9.17, 15) is 9.59 Å². The molecule has 1 heterocycles. The van der Waals surface area contributed by atoms with Gasteiger partial charge < -0.3 is 14.5 Å². The second kappa shape index (κ2) is 8.37. The SMILES string of the molecule is Cc1cc(OCC(=O)N2CCC(C(=O)N(C)C)CC2)ccc1C(C)C. The minimum absolute atomic E-state index is 0.0126. The zero-order valence-electron chi connectivity index (χ0n) is 16.0. The van der Waals surface area contributed by atoms with Crippen LogP contribution in [0.3, 0.4) is 0 Å². The monoisotopic (exact) mass is 346 g/mol. The van der Waals surface area contributed by atoms with E-state index in [0.29, 0.717) is 19.0 Å². The maximum Gasteiger partial charge on any atom is 0.260 e. The molecule has 1 aromatic rings. The predicted molar refractivity (Wildman–Crippen MR) is 98.8 cm³/mol. The summed E-state index contributed by atoms with van der Waals surface area (Å²) in [6.07, 6.45) is 1.45. The zero-order chi connectivity index (χ0) is 18.6. The van der Waals surface area contributed by atoms with Gasteiger partial charge in [-0.3, -0.25) is 9.59 Å². The minimum Gasteiger partial charge on any atom is -0.484 e. The molecule has 1 fully saturated rings. The smallest absolute Gasteiger partial charge is 0.260 e. The Morgan fingerprint density at radius 1 is 1.24 bits per heavy atom. The number of amides is 2. The first kappa shape index (κ1) is 19.3. The largest absolute Gasteiger partial charge is 0.484 e. The minimum atomic E-state index is -0.0126. The molecule has 0 radical (unpaired) electrons. The molecule has 5 heteroatoms. The van der Waals surface area contributed by atoms with Gasteiger partial charge in [-0.15, -0.1) is 0 Å². The van der Waals surface area contributed by atoms with E-state index in [1.165, 1.54) is 11.1 Å². The Bertz CT molecular complexity index is 617. The van der Waals surface area contributed by atoms with Crippen molar-refractivity contribution in [3.63, 3.8) is 0 Å². The van der Waals surface area contributed by atoms with E-state index in [0.717, 1.165) is 18.6 Å². The Kier molecular flexibility index (Phi) is 6.45. The Morgan fingerprint density at radius 2 is 1.88 bits per heavy atom. The molecule has 2 amide bonds. The van der Waals surface area contributed by atoms with Crippen LogP contribution in [0.1, 0.15) is 43.7 Å². The first-order chi connectivity index (χ1) is 11.8. The lowest BCUT2D eigenvalue weighted by Gasteiger charge is -2.32. The molecular weight excluding hydrogens is 316 g/mol. The molecule has 0 aliphatic carbocycles. The van der Waals surface area contributed by atoms with Crippen LogP contribution in [0.25, 0.3) is 0 Å². The Balaban J connectivity index is 1.83. The van der Waals surface area contributed by atoms with Crippen LogP contribution in [0.4, 0.5) is 0 Å². The molecule has 0 saturated carbocycles. The van der Waals surface area contributed by atoms with Gasteiger partial charge in [-0.05, 0) is 48.9 Å². The van der Waals surface area contributed by atoms with Gasteiger partial charge in [0.15, 0.2) is 6.61 Å². The summed E-state index contributed by atoms with van der Waals surface area (Å²) in [6.45, 7) is 7.69. The summed E-state index contributed by atoms with van der Waals surface area (Å²) in [5.74, 6) is 1.38. The van der Waals surface area contributed by atoms with Gasteiger partial charge in [0.05, 0.1) is 0 Å².